The van der Waals surface area contributed by atoms with Crippen molar-refractivity contribution in [3.63, 3.8) is 0 Å². The summed E-state index contributed by atoms with van der Waals surface area (Å²) in [5, 5.41) is 0. The molecule has 0 aromatic heterocycles. The zero-order chi connectivity index (χ0) is 12.1. The van der Waals surface area contributed by atoms with Crippen molar-refractivity contribution in [2.24, 2.45) is 5.73 Å². The highest BCUT2D eigenvalue weighted by Gasteiger charge is 2.06. The molecule has 0 saturated heterocycles. The van der Waals surface area contributed by atoms with E-state index in [-0.39, 0.29) is 0 Å². The van der Waals surface area contributed by atoms with E-state index >= 15 is 0 Å². The lowest BCUT2D eigenvalue weighted by Crippen LogP contribution is -1.98. The standard InChI is InChI=1S/C15H17NP/c16-11-13-6-8-14(9-7-13)15(17)10-12-4-2-1-3-5-12/h2-9,15H,10-11,16-17H2. The van der Waals surface area contributed by atoms with E-state index in [4.69, 9.17) is 5.73 Å². The van der Waals surface area contributed by atoms with E-state index in [0.717, 1.165) is 6.42 Å². The van der Waals surface area contributed by atoms with E-state index in [9.17, 15) is 0 Å². The zero-order valence-corrected chi connectivity index (χ0v) is 10.9. The lowest BCUT2D eigenvalue weighted by molar-refractivity contribution is 0.930. The van der Waals surface area contributed by atoms with Crippen LogP contribution in [0.25, 0.3) is 0 Å². The molecular formula is C15H17NP. The Morgan fingerprint density at radius 1 is 1.00 bits per heavy atom. The molecule has 2 unspecified atom stereocenters. The molecule has 1 nitrogen and oxygen atoms in total. The van der Waals surface area contributed by atoms with E-state index in [0.29, 0.717) is 12.2 Å². The molecule has 2 heteroatoms. The monoisotopic (exact) mass is 242 g/mol. The number of nitrogens with two attached hydrogens (primary N) is 1. The number of rotatable bonds is 4. The quantitative estimate of drug-likeness (QED) is 0.819. The molecule has 0 heterocycles. The molecule has 0 spiro atoms. The first kappa shape index (κ1) is 12.3. The summed E-state index contributed by atoms with van der Waals surface area (Å²) in [4.78, 5) is 0. The van der Waals surface area contributed by atoms with E-state index < -0.39 is 0 Å². The van der Waals surface area contributed by atoms with Gasteiger partial charge in [0, 0.05) is 12.2 Å². The predicted molar refractivity (Wildman–Crippen MR) is 75.8 cm³/mol. The first-order chi connectivity index (χ1) is 8.29. The lowest BCUT2D eigenvalue weighted by atomic mass is 10.0. The predicted octanol–water partition coefficient (Wildman–Crippen LogP) is 3.10. The fourth-order valence-corrected chi connectivity index (χ4v) is 2.32. The maximum Gasteiger partial charge on any atom is 0.0178 e. The minimum Gasteiger partial charge on any atom is -0.326 e. The topological polar surface area (TPSA) is 26.0 Å². The van der Waals surface area contributed by atoms with Gasteiger partial charge in [-0.2, -0.15) is 0 Å². The van der Waals surface area contributed by atoms with Crippen molar-refractivity contribution < 1.29 is 0 Å². The molecule has 0 aliphatic rings. The van der Waals surface area contributed by atoms with E-state index in [2.05, 4.69) is 51.7 Å². The summed E-state index contributed by atoms with van der Waals surface area (Å²) < 4.78 is 0. The first-order valence-electron chi connectivity index (χ1n) is 5.79. The molecule has 17 heavy (non-hydrogen) atoms. The Morgan fingerprint density at radius 3 is 2.24 bits per heavy atom. The maximum atomic E-state index is 5.59. The van der Waals surface area contributed by atoms with Crippen LogP contribution in [0.5, 0.6) is 0 Å². The summed E-state index contributed by atoms with van der Waals surface area (Å²) in [6, 6.07) is 19.7. The van der Waals surface area contributed by atoms with Crippen molar-refractivity contribution in [3.05, 3.63) is 71.3 Å². The minimum atomic E-state index is 0.448. The van der Waals surface area contributed by atoms with Gasteiger partial charge in [-0.15, -0.1) is 9.24 Å². The van der Waals surface area contributed by atoms with Gasteiger partial charge in [-0.25, -0.2) is 0 Å². The Hall–Kier alpha value is -1.17. The molecule has 2 aromatic carbocycles. The molecule has 0 aliphatic heterocycles. The van der Waals surface area contributed by atoms with Crippen LogP contribution in [-0.2, 0) is 13.0 Å². The third-order valence-electron chi connectivity index (χ3n) is 2.89. The summed E-state index contributed by atoms with van der Waals surface area (Å²) in [6.07, 6.45) is 1.03. The molecule has 2 aromatic rings. The average Bonchev–Trinajstić information content (AvgIpc) is 2.40. The Labute approximate surface area is 105 Å². The van der Waals surface area contributed by atoms with Crippen LogP contribution in [-0.4, -0.2) is 0 Å². The van der Waals surface area contributed by atoms with Crippen LogP contribution in [0.3, 0.4) is 0 Å². The van der Waals surface area contributed by atoms with Crippen molar-refractivity contribution in [1.82, 2.24) is 0 Å². The van der Waals surface area contributed by atoms with E-state index in [1.165, 1.54) is 16.7 Å². The van der Waals surface area contributed by atoms with Gasteiger partial charge < -0.3 is 5.73 Å². The van der Waals surface area contributed by atoms with Gasteiger partial charge in [0.25, 0.3) is 0 Å². The molecule has 2 rings (SSSR count). The van der Waals surface area contributed by atoms with Gasteiger partial charge in [-0.05, 0) is 29.2 Å². The normalized spacial score (nSPS) is 12.4. The maximum absolute atomic E-state index is 5.59. The van der Waals surface area contributed by atoms with Crippen LogP contribution >= 0.6 is 9.24 Å². The van der Waals surface area contributed by atoms with Crippen molar-refractivity contribution in [1.29, 1.82) is 0 Å². The molecule has 0 aliphatic carbocycles. The van der Waals surface area contributed by atoms with Crippen LogP contribution in [0.4, 0.5) is 0 Å². The van der Waals surface area contributed by atoms with Crippen molar-refractivity contribution in [3.8, 4) is 0 Å². The second kappa shape index (κ2) is 5.95. The third-order valence-corrected chi connectivity index (χ3v) is 3.51. The average molecular weight is 242 g/mol. The van der Waals surface area contributed by atoms with Crippen LogP contribution in [0.15, 0.2) is 48.5 Å². The second-order valence-corrected chi connectivity index (χ2v) is 4.97. The molecule has 0 fully saturated rings. The molecule has 0 saturated carbocycles. The lowest BCUT2D eigenvalue weighted by Gasteiger charge is -2.12. The highest BCUT2D eigenvalue weighted by Crippen LogP contribution is 2.27. The minimum absolute atomic E-state index is 0.448. The third kappa shape index (κ3) is 3.39. The fraction of sp³-hybridized carbons (Fsp3) is 0.200. The Morgan fingerprint density at radius 2 is 1.65 bits per heavy atom. The van der Waals surface area contributed by atoms with Gasteiger partial charge >= 0.3 is 0 Å². The molecule has 87 valence electrons. The molecule has 1 radical (unpaired) electrons. The van der Waals surface area contributed by atoms with Crippen molar-refractivity contribution >= 4 is 9.24 Å². The Balaban J connectivity index is 2.06. The SMILES string of the molecule is NCc1ccc(C(P)Cc2cc[c]cc2)cc1. The van der Waals surface area contributed by atoms with Crippen molar-refractivity contribution in [2.75, 3.05) is 0 Å². The molecule has 2 atom stereocenters. The Kier molecular flexibility index (Phi) is 4.30. The second-order valence-electron chi connectivity index (χ2n) is 4.16. The summed E-state index contributed by atoms with van der Waals surface area (Å²) in [5.41, 5.74) is 9.89. The van der Waals surface area contributed by atoms with Gasteiger partial charge in [0.05, 0.1) is 0 Å². The highest BCUT2D eigenvalue weighted by molar-refractivity contribution is 7.17. The summed E-state index contributed by atoms with van der Waals surface area (Å²) in [5.74, 6) is 0. The van der Waals surface area contributed by atoms with Gasteiger partial charge in [0.2, 0.25) is 0 Å². The fourth-order valence-electron chi connectivity index (χ4n) is 1.83. The first-order valence-corrected chi connectivity index (χ1v) is 6.46. The molecular weight excluding hydrogens is 225 g/mol. The number of hydrogen-bond acceptors (Lipinski definition) is 1. The van der Waals surface area contributed by atoms with Gasteiger partial charge in [0.1, 0.15) is 0 Å². The summed E-state index contributed by atoms with van der Waals surface area (Å²) in [7, 11) is 2.91. The van der Waals surface area contributed by atoms with Crippen LogP contribution < -0.4 is 5.73 Å². The van der Waals surface area contributed by atoms with E-state index in [1.54, 1.807) is 0 Å². The van der Waals surface area contributed by atoms with Gasteiger partial charge in [-0.1, -0.05) is 48.5 Å². The summed E-state index contributed by atoms with van der Waals surface area (Å²) in [6.45, 7) is 0.607. The molecule has 0 amide bonds. The van der Waals surface area contributed by atoms with Crippen LogP contribution in [0.1, 0.15) is 22.3 Å². The largest absolute Gasteiger partial charge is 0.326 e. The van der Waals surface area contributed by atoms with Crippen LogP contribution in [0, 0.1) is 6.07 Å². The van der Waals surface area contributed by atoms with Gasteiger partial charge in [-0.3, -0.25) is 0 Å². The Bertz CT molecular complexity index is 450. The van der Waals surface area contributed by atoms with E-state index in [1.807, 2.05) is 12.1 Å². The number of hydrogen-bond donors (Lipinski definition) is 1. The zero-order valence-electron chi connectivity index (χ0n) is 9.77. The smallest absolute Gasteiger partial charge is 0.0178 e. The van der Waals surface area contributed by atoms with Gasteiger partial charge in [0.15, 0.2) is 0 Å². The molecule has 0 bridgehead atoms. The molecule has 2 N–H and O–H groups in total. The van der Waals surface area contributed by atoms with Crippen molar-refractivity contribution in [2.45, 2.75) is 18.6 Å². The highest BCUT2D eigenvalue weighted by atomic mass is 31.0. The number of benzene rings is 2. The summed E-state index contributed by atoms with van der Waals surface area (Å²) >= 11 is 0. The van der Waals surface area contributed by atoms with Crippen LogP contribution in [0.2, 0.25) is 0 Å².